The second-order valence-corrected chi connectivity index (χ2v) is 5.60. The summed E-state index contributed by atoms with van der Waals surface area (Å²) in [4.78, 5) is 37.2. The number of hydrogen-bond acceptors (Lipinski definition) is 5. The minimum Gasteiger partial charge on any atom is -0.493 e. The number of carbonyl (C=O) groups excluding carboxylic acids is 3. The summed E-state index contributed by atoms with van der Waals surface area (Å²) in [5.41, 5.74) is 0. The number of hydrogen-bond donors (Lipinski definition) is 1. The van der Waals surface area contributed by atoms with Crippen LogP contribution in [0.25, 0.3) is 0 Å². The normalized spacial score (nSPS) is 20.1. The lowest BCUT2D eigenvalue weighted by atomic mass is 10.2. The molecule has 1 N–H and O–H groups in total. The third-order valence-corrected chi connectivity index (χ3v) is 3.93. The molecule has 7 heteroatoms. The Morgan fingerprint density at radius 1 is 1.26 bits per heavy atom. The van der Waals surface area contributed by atoms with Gasteiger partial charge in [-0.15, -0.1) is 0 Å². The van der Waals surface area contributed by atoms with Gasteiger partial charge < -0.3 is 14.4 Å². The fourth-order valence-electron chi connectivity index (χ4n) is 2.70. The zero-order valence-corrected chi connectivity index (χ0v) is 12.8. The lowest BCUT2D eigenvalue weighted by Gasteiger charge is -2.26. The number of imide groups is 1. The average Bonchev–Trinajstić information content (AvgIpc) is 3.31. The summed E-state index contributed by atoms with van der Waals surface area (Å²) in [5, 5.41) is 2.24. The number of carbonyl (C=O) groups is 3. The summed E-state index contributed by atoms with van der Waals surface area (Å²) in [5.74, 6) is -0.0528. The number of methoxy groups -OCH3 is 1. The summed E-state index contributed by atoms with van der Waals surface area (Å²) in [6, 6.07) is 6.33. The number of nitrogens with zero attached hydrogens (tertiary/aromatic N) is 1. The molecule has 3 amide bonds. The molecule has 0 unspecified atom stereocenters. The summed E-state index contributed by atoms with van der Waals surface area (Å²) >= 11 is 0. The Labute approximate surface area is 133 Å². The van der Waals surface area contributed by atoms with E-state index in [1.54, 1.807) is 24.3 Å². The molecule has 1 saturated heterocycles. The van der Waals surface area contributed by atoms with E-state index in [0.717, 1.165) is 12.8 Å². The van der Waals surface area contributed by atoms with Gasteiger partial charge in [-0.25, -0.2) is 0 Å². The predicted molar refractivity (Wildman–Crippen MR) is 79.9 cm³/mol. The van der Waals surface area contributed by atoms with Gasteiger partial charge >= 0.3 is 0 Å². The van der Waals surface area contributed by atoms with Gasteiger partial charge in [0.15, 0.2) is 18.1 Å². The fourth-order valence-corrected chi connectivity index (χ4v) is 2.70. The van der Waals surface area contributed by atoms with Crippen molar-refractivity contribution in [3.05, 3.63) is 24.3 Å². The number of ether oxygens (including phenoxy) is 2. The molecule has 2 fully saturated rings. The maximum absolute atomic E-state index is 12.5. The smallest absolute Gasteiger partial charge is 0.261 e. The van der Waals surface area contributed by atoms with Crippen molar-refractivity contribution >= 4 is 17.7 Å². The van der Waals surface area contributed by atoms with Crippen LogP contribution in [-0.4, -0.2) is 48.4 Å². The third kappa shape index (κ3) is 3.28. The van der Waals surface area contributed by atoms with Gasteiger partial charge in [0.05, 0.1) is 13.5 Å². The van der Waals surface area contributed by atoms with Crippen LogP contribution in [0.1, 0.15) is 19.3 Å². The van der Waals surface area contributed by atoms with Crippen LogP contribution in [0.15, 0.2) is 24.3 Å². The number of benzene rings is 1. The van der Waals surface area contributed by atoms with Crippen molar-refractivity contribution in [2.45, 2.75) is 31.3 Å². The minimum atomic E-state index is -0.719. The Morgan fingerprint density at radius 3 is 2.52 bits per heavy atom. The van der Waals surface area contributed by atoms with Crippen LogP contribution in [0.2, 0.25) is 0 Å². The Balaban J connectivity index is 1.68. The molecule has 0 aromatic heterocycles. The topological polar surface area (TPSA) is 84.9 Å². The molecule has 1 aromatic rings. The lowest BCUT2D eigenvalue weighted by molar-refractivity contribution is -0.141. The van der Waals surface area contributed by atoms with Gasteiger partial charge in [0.25, 0.3) is 5.91 Å². The lowest BCUT2D eigenvalue weighted by Crippen LogP contribution is -2.47. The summed E-state index contributed by atoms with van der Waals surface area (Å²) in [6.45, 7) is -0.200. The number of amides is 3. The molecule has 1 aliphatic carbocycles. The molecule has 122 valence electrons. The van der Waals surface area contributed by atoms with E-state index in [2.05, 4.69) is 5.32 Å². The van der Waals surface area contributed by atoms with E-state index in [1.165, 1.54) is 12.0 Å². The van der Waals surface area contributed by atoms with Gasteiger partial charge in [-0.2, -0.15) is 0 Å². The Kier molecular flexibility index (Phi) is 4.18. The zero-order chi connectivity index (χ0) is 16.4. The highest BCUT2D eigenvalue weighted by atomic mass is 16.5. The van der Waals surface area contributed by atoms with Gasteiger partial charge in [0.1, 0.15) is 6.04 Å². The maximum Gasteiger partial charge on any atom is 0.261 e. The van der Waals surface area contributed by atoms with Gasteiger partial charge in [-0.05, 0) is 25.0 Å². The molecule has 0 bridgehead atoms. The van der Waals surface area contributed by atoms with Crippen LogP contribution in [-0.2, 0) is 14.4 Å². The minimum absolute atomic E-state index is 0.0189. The van der Waals surface area contributed by atoms with E-state index in [4.69, 9.17) is 9.47 Å². The first kappa shape index (κ1) is 15.3. The van der Waals surface area contributed by atoms with Crippen LogP contribution >= 0.6 is 0 Å². The fraction of sp³-hybridized carbons (Fsp3) is 0.438. The van der Waals surface area contributed by atoms with Crippen molar-refractivity contribution < 1.29 is 23.9 Å². The highest BCUT2D eigenvalue weighted by molar-refractivity contribution is 6.07. The molecule has 3 rings (SSSR count). The first-order valence-corrected chi connectivity index (χ1v) is 7.51. The van der Waals surface area contributed by atoms with Crippen molar-refractivity contribution in [3.8, 4) is 11.5 Å². The summed E-state index contributed by atoms with van der Waals surface area (Å²) in [6.07, 6.45) is 1.71. The molecule has 1 atom stereocenters. The van der Waals surface area contributed by atoms with Gasteiger partial charge in [0.2, 0.25) is 11.8 Å². The van der Waals surface area contributed by atoms with Crippen molar-refractivity contribution in [2.75, 3.05) is 13.7 Å². The molecule has 0 spiro atoms. The summed E-state index contributed by atoms with van der Waals surface area (Å²) in [7, 11) is 1.52. The Morgan fingerprint density at radius 2 is 1.96 bits per heavy atom. The van der Waals surface area contributed by atoms with Crippen LogP contribution in [0.4, 0.5) is 0 Å². The molecule has 23 heavy (non-hydrogen) atoms. The molecule has 1 heterocycles. The van der Waals surface area contributed by atoms with E-state index >= 15 is 0 Å². The van der Waals surface area contributed by atoms with Gasteiger partial charge in [-0.1, -0.05) is 12.1 Å². The van der Waals surface area contributed by atoms with Crippen LogP contribution in [0.5, 0.6) is 11.5 Å². The molecule has 1 aromatic carbocycles. The van der Waals surface area contributed by atoms with Gasteiger partial charge in [-0.3, -0.25) is 19.7 Å². The van der Waals surface area contributed by atoms with E-state index < -0.39 is 11.9 Å². The predicted octanol–water partition coefficient (Wildman–Crippen LogP) is 0.480. The Hall–Kier alpha value is -2.57. The highest BCUT2D eigenvalue weighted by Crippen LogP contribution is 2.31. The standard InChI is InChI=1S/C16H18N2O5/c1-22-12-4-2-3-5-13(12)23-9-15(20)18(10-6-7-10)11-8-14(19)17-16(11)21/h2-5,10-11H,6-9H2,1H3,(H,17,19,21)/t11-/m1/s1. The maximum atomic E-state index is 12.5. The molecule has 1 saturated carbocycles. The van der Waals surface area contributed by atoms with Gasteiger partial charge in [0, 0.05) is 6.04 Å². The zero-order valence-electron chi connectivity index (χ0n) is 12.8. The quantitative estimate of drug-likeness (QED) is 0.771. The molecule has 7 nitrogen and oxygen atoms in total. The number of nitrogens with one attached hydrogen (secondary N) is 1. The van der Waals surface area contributed by atoms with Crippen molar-refractivity contribution in [1.29, 1.82) is 0 Å². The average molecular weight is 318 g/mol. The first-order valence-electron chi connectivity index (χ1n) is 7.51. The van der Waals surface area contributed by atoms with Crippen molar-refractivity contribution in [3.63, 3.8) is 0 Å². The molecule has 0 radical (unpaired) electrons. The second kappa shape index (κ2) is 6.28. The number of para-hydroxylation sites is 2. The van der Waals surface area contributed by atoms with Crippen LogP contribution in [0.3, 0.4) is 0 Å². The van der Waals surface area contributed by atoms with E-state index in [-0.39, 0.29) is 30.9 Å². The third-order valence-electron chi connectivity index (χ3n) is 3.93. The SMILES string of the molecule is COc1ccccc1OCC(=O)N(C1CC1)[C@@H]1CC(=O)NC1=O. The van der Waals surface area contributed by atoms with E-state index in [9.17, 15) is 14.4 Å². The van der Waals surface area contributed by atoms with E-state index in [1.807, 2.05) is 0 Å². The first-order chi connectivity index (χ1) is 11.1. The second-order valence-electron chi connectivity index (χ2n) is 5.60. The highest BCUT2D eigenvalue weighted by Gasteiger charge is 2.44. The molecule has 1 aliphatic heterocycles. The molecular weight excluding hydrogens is 300 g/mol. The Bertz CT molecular complexity index is 641. The van der Waals surface area contributed by atoms with Crippen LogP contribution < -0.4 is 14.8 Å². The molecule has 2 aliphatic rings. The summed E-state index contributed by atoms with van der Waals surface area (Å²) < 4.78 is 10.7. The van der Waals surface area contributed by atoms with Crippen molar-refractivity contribution in [2.24, 2.45) is 0 Å². The molecular formula is C16H18N2O5. The number of rotatable bonds is 6. The van der Waals surface area contributed by atoms with Crippen LogP contribution in [0, 0.1) is 0 Å². The van der Waals surface area contributed by atoms with Crippen molar-refractivity contribution in [1.82, 2.24) is 10.2 Å². The van der Waals surface area contributed by atoms with E-state index in [0.29, 0.717) is 11.5 Å². The largest absolute Gasteiger partial charge is 0.493 e. The monoisotopic (exact) mass is 318 g/mol.